The number of nitrogens with zero attached hydrogens (tertiary/aromatic N) is 1. The molecule has 2 N–H and O–H groups in total. The molecule has 0 aliphatic heterocycles. The maximum Gasteiger partial charge on any atom is 0.137 e. The lowest BCUT2D eigenvalue weighted by Gasteiger charge is -2.20. The van der Waals surface area contributed by atoms with Gasteiger partial charge in [-0.15, -0.1) is 0 Å². The molecule has 1 aromatic heterocycles. The van der Waals surface area contributed by atoms with Crippen molar-refractivity contribution < 1.29 is 23.9 Å². The number of ether oxygens (including phenoxy) is 1. The molecule has 142 valence electrons. The molecule has 6 heteroatoms. The second-order valence-electron chi connectivity index (χ2n) is 6.77. The molecule has 0 saturated heterocycles. The van der Waals surface area contributed by atoms with Crippen LogP contribution in [0.4, 0.5) is 4.39 Å². The van der Waals surface area contributed by atoms with E-state index in [0.29, 0.717) is 12.2 Å². The van der Waals surface area contributed by atoms with E-state index in [1.54, 1.807) is 24.3 Å². The third-order valence-corrected chi connectivity index (χ3v) is 4.17. The van der Waals surface area contributed by atoms with E-state index in [4.69, 9.17) is 14.4 Å². The first-order valence-electron chi connectivity index (χ1n) is 8.72. The van der Waals surface area contributed by atoms with Crippen LogP contribution in [0.15, 0.2) is 59.1 Å². The highest BCUT2D eigenvalue weighted by molar-refractivity contribution is 5.59. The van der Waals surface area contributed by atoms with Crippen LogP contribution in [0, 0.1) is 5.82 Å². The van der Waals surface area contributed by atoms with Gasteiger partial charge in [-0.05, 0) is 55.3 Å². The van der Waals surface area contributed by atoms with Gasteiger partial charge >= 0.3 is 0 Å². The van der Waals surface area contributed by atoms with Crippen molar-refractivity contribution in [2.45, 2.75) is 25.4 Å². The Morgan fingerprint density at radius 2 is 1.78 bits per heavy atom. The molecule has 1 heterocycles. The molecule has 27 heavy (non-hydrogen) atoms. The van der Waals surface area contributed by atoms with E-state index in [9.17, 15) is 9.50 Å². The summed E-state index contributed by atoms with van der Waals surface area (Å²) in [5.41, 5.74) is 1.37. The zero-order valence-electron chi connectivity index (χ0n) is 15.1. The van der Waals surface area contributed by atoms with E-state index in [0.717, 1.165) is 29.0 Å². The highest BCUT2D eigenvalue weighted by Crippen LogP contribution is 2.23. The Bertz CT molecular complexity index is 857. The van der Waals surface area contributed by atoms with E-state index in [1.807, 2.05) is 18.2 Å². The topological polar surface area (TPSA) is 75.7 Å². The van der Waals surface area contributed by atoms with Gasteiger partial charge in [0.05, 0.1) is 6.61 Å². The summed E-state index contributed by atoms with van der Waals surface area (Å²) in [7, 11) is 0. The maximum atomic E-state index is 12.9. The van der Waals surface area contributed by atoms with Crippen molar-refractivity contribution in [1.29, 1.82) is 0 Å². The highest BCUT2D eigenvalue weighted by atomic mass is 19.1. The summed E-state index contributed by atoms with van der Waals surface area (Å²) in [5.74, 6) is 1.11. The van der Waals surface area contributed by atoms with Gasteiger partial charge in [-0.2, -0.15) is 0 Å². The summed E-state index contributed by atoms with van der Waals surface area (Å²) < 4.78 is 23.8. The Hall–Kier alpha value is -2.70. The van der Waals surface area contributed by atoms with Crippen LogP contribution in [-0.2, 0) is 12.8 Å². The smallest absolute Gasteiger partial charge is 0.137 e. The van der Waals surface area contributed by atoms with Crippen molar-refractivity contribution >= 4 is 0 Å². The van der Waals surface area contributed by atoms with Crippen LogP contribution in [0.2, 0.25) is 0 Å². The molecule has 0 saturated carbocycles. The minimum absolute atomic E-state index is 0.000338. The van der Waals surface area contributed by atoms with Crippen LogP contribution in [-0.4, -0.2) is 34.2 Å². The average Bonchev–Trinajstić information content (AvgIpc) is 3.15. The minimum Gasteiger partial charge on any atom is -0.491 e. The molecule has 0 fully saturated rings. The molecular weight excluding hydrogens is 349 g/mol. The van der Waals surface area contributed by atoms with Gasteiger partial charge in [0.2, 0.25) is 0 Å². The van der Waals surface area contributed by atoms with Crippen LogP contribution in [0.1, 0.15) is 18.2 Å². The van der Waals surface area contributed by atoms with Gasteiger partial charge in [-0.25, -0.2) is 4.39 Å². The van der Waals surface area contributed by atoms with E-state index in [-0.39, 0.29) is 19.0 Å². The molecule has 0 unspecified atom stereocenters. The summed E-state index contributed by atoms with van der Waals surface area (Å²) in [6.07, 6.45) is 1.42. The summed E-state index contributed by atoms with van der Waals surface area (Å²) in [6, 6.07) is 15.6. The number of hydrogen-bond acceptors (Lipinski definition) is 5. The lowest BCUT2D eigenvalue weighted by Crippen LogP contribution is -2.36. The number of aliphatic hydroxyl groups excluding tert-OH is 1. The first-order valence-corrected chi connectivity index (χ1v) is 8.72. The van der Waals surface area contributed by atoms with Crippen LogP contribution < -0.4 is 4.74 Å². The Balaban J connectivity index is 1.58. The molecule has 0 aliphatic rings. The molecule has 3 rings (SSSR count). The zero-order valence-corrected chi connectivity index (χ0v) is 15.1. The van der Waals surface area contributed by atoms with Gasteiger partial charge in [-0.3, -0.25) is 0 Å². The highest BCUT2D eigenvalue weighted by Gasteiger charge is 2.19. The van der Waals surface area contributed by atoms with Crippen molar-refractivity contribution in [3.63, 3.8) is 0 Å². The number of halogens is 1. The molecule has 2 aromatic carbocycles. The Labute approximate surface area is 157 Å². The maximum absolute atomic E-state index is 12.9. The number of aryl methyl sites for hydroxylation is 2. The fourth-order valence-corrected chi connectivity index (χ4v) is 2.49. The van der Waals surface area contributed by atoms with Crippen LogP contribution >= 0.6 is 0 Å². The summed E-state index contributed by atoms with van der Waals surface area (Å²) in [6.45, 7) is 1.13. The second-order valence-corrected chi connectivity index (χ2v) is 6.77. The van der Waals surface area contributed by atoms with Crippen molar-refractivity contribution in [2.24, 2.45) is 0 Å². The van der Waals surface area contributed by atoms with Gasteiger partial charge in [0.25, 0.3) is 0 Å². The van der Waals surface area contributed by atoms with Gasteiger partial charge < -0.3 is 19.5 Å². The SMILES string of the molecule is C[C@@](O)(CO)COc1ccc(-c2cc(CCc3ccc(F)cc3)on2)cc1. The Morgan fingerprint density at radius 3 is 2.44 bits per heavy atom. The van der Waals surface area contributed by atoms with Gasteiger partial charge in [-0.1, -0.05) is 17.3 Å². The lowest BCUT2D eigenvalue weighted by molar-refractivity contribution is -0.0324. The number of hydrogen-bond donors (Lipinski definition) is 2. The lowest BCUT2D eigenvalue weighted by atomic mass is 10.1. The molecular formula is C21H22FNO4. The van der Waals surface area contributed by atoms with E-state index < -0.39 is 5.60 Å². The molecule has 3 aromatic rings. The number of aliphatic hydroxyl groups is 2. The van der Waals surface area contributed by atoms with Crippen molar-refractivity contribution in [3.8, 4) is 17.0 Å². The predicted octanol–water partition coefficient (Wildman–Crippen LogP) is 3.39. The summed E-state index contributed by atoms with van der Waals surface area (Å²) in [4.78, 5) is 0. The summed E-state index contributed by atoms with van der Waals surface area (Å²) in [5, 5.41) is 22.9. The van der Waals surface area contributed by atoms with Crippen LogP contribution in [0.3, 0.4) is 0 Å². The standard InChI is InChI=1S/C21H22FNO4/c1-21(25,13-24)14-26-18-10-5-16(6-11-18)20-12-19(27-23-20)9-4-15-2-7-17(22)8-3-15/h2-3,5-8,10-12,24-25H,4,9,13-14H2,1H3/t21-/m1/s1. The van der Waals surface area contributed by atoms with Crippen molar-refractivity contribution in [3.05, 3.63) is 71.7 Å². The number of aromatic nitrogens is 1. The molecule has 0 aliphatic carbocycles. The molecule has 0 bridgehead atoms. The molecule has 0 spiro atoms. The molecule has 0 radical (unpaired) electrons. The quantitative estimate of drug-likeness (QED) is 0.635. The normalized spacial score (nSPS) is 13.3. The van der Waals surface area contributed by atoms with Crippen LogP contribution in [0.5, 0.6) is 5.75 Å². The monoisotopic (exact) mass is 371 g/mol. The summed E-state index contributed by atoms with van der Waals surface area (Å²) >= 11 is 0. The number of rotatable bonds is 8. The van der Waals surface area contributed by atoms with Gasteiger partial charge in [0, 0.05) is 18.1 Å². The van der Waals surface area contributed by atoms with Gasteiger partial charge in [0.1, 0.15) is 35.2 Å². The largest absolute Gasteiger partial charge is 0.491 e. The molecule has 5 nitrogen and oxygen atoms in total. The van der Waals surface area contributed by atoms with Gasteiger partial charge in [0.15, 0.2) is 0 Å². The molecule has 0 amide bonds. The first-order chi connectivity index (χ1) is 12.9. The third kappa shape index (κ3) is 5.39. The second kappa shape index (κ2) is 8.33. The number of benzene rings is 2. The van der Waals surface area contributed by atoms with E-state index in [1.165, 1.54) is 19.1 Å². The van der Waals surface area contributed by atoms with Crippen molar-refractivity contribution in [1.82, 2.24) is 5.16 Å². The Kier molecular flexibility index (Phi) is 5.88. The average molecular weight is 371 g/mol. The molecule has 1 atom stereocenters. The fourth-order valence-electron chi connectivity index (χ4n) is 2.49. The third-order valence-electron chi connectivity index (χ3n) is 4.17. The van der Waals surface area contributed by atoms with E-state index >= 15 is 0 Å². The van der Waals surface area contributed by atoms with Crippen molar-refractivity contribution in [2.75, 3.05) is 13.2 Å². The Morgan fingerprint density at radius 1 is 1.07 bits per heavy atom. The van der Waals surface area contributed by atoms with Crippen LogP contribution in [0.25, 0.3) is 11.3 Å². The fraction of sp³-hybridized carbons (Fsp3) is 0.286. The first kappa shape index (κ1) is 19.1. The zero-order chi connectivity index (χ0) is 19.3. The van der Waals surface area contributed by atoms with E-state index in [2.05, 4.69) is 5.16 Å². The minimum atomic E-state index is -1.27. The predicted molar refractivity (Wildman–Crippen MR) is 99.0 cm³/mol.